The van der Waals surface area contributed by atoms with E-state index in [0.717, 1.165) is 18.9 Å². The van der Waals surface area contributed by atoms with Gasteiger partial charge in [-0.1, -0.05) is 30.3 Å². The van der Waals surface area contributed by atoms with Crippen LogP contribution in [0.3, 0.4) is 0 Å². The van der Waals surface area contributed by atoms with Crippen molar-refractivity contribution < 1.29 is 8.78 Å². The quantitative estimate of drug-likeness (QED) is 0.655. The lowest BCUT2D eigenvalue weighted by atomic mass is 9.84. The molecule has 2 nitrogen and oxygen atoms in total. The van der Waals surface area contributed by atoms with Gasteiger partial charge in [-0.05, 0) is 48.6 Å². The number of nitrogens with one attached hydrogen (secondary N) is 1. The largest absolute Gasteiger partial charge is 0.271 e. The molecule has 110 valence electrons. The Bertz CT molecular complexity index is 624. The molecule has 0 spiro atoms. The highest BCUT2D eigenvalue weighted by atomic mass is 19.1. The molecule has 0 radical (unpaired) electrons. The molecule has 2 aromatic carbocycles. The number of hydrogen-bond donors (Lipinski definition) is 2. The first-order chi connectivity index (χ1) is 10.2. The molecule has 0 saturated heterocycles. The van der Waals surface area contributed by atoms with Crippen molar-refractivity contribution in [2.75, 3.05) is 0 Å². The van der Waals surface area contributed by atoms with Crippen LogP contribution in [0.5, 0.6) is 0 Å². The van der Waals surface area contributed by atoms with Gasteiger partial charge in [-0.3, -0.25) is 11.3 Å². The summed E-state index contributed by atoms with van der Waals surface area (Å²) in [6.45, 7) is 0. The molecule has 1 aliphatic rings. The van der Waals surface area contributed by atoms with E-state index in [1.54, 1.807) is 0 Å². The van der Waals surface area contributed by atoms with Crippen LogP contribution in [0.25, 0.3) is 0 Å². The van der Waals surface area contributed by atoms with Crippen molar-refractivity contribution in [1.82, 2.24) is 5.43 Å². The SMILES string of the molecule is NNC(Cc1cc(F)ccc1F)C1(c2ccccc2)CC1. The van der Waals surface area contributed by atoms with Gasteiger partial charge in [-0.15, -0.1) is 0 Å². The highest BCUT2D eigenvalue weighted by Gasteiger charge is 2.50. The zero-order chi connectivity index (χ0) is 14.9. The zero-order valence-electron chi connectivity index (χ0n) is 11.7. The van der Waals surface area contributed by atoms with E-state index in [1.807, 2.05) is 18.2 Å². The van der Waals surface area contributed by atoms with Crippen LogP contribution in [0, 0.1) is 11.6 Å². The predicted molar refractivity (Wildman–Crippen MR) is 78.5 cm³/mol. The summed E-state index contributed by atoms with van der Waals surface area (Å²) in [6.07, 6.45) is 2.38. The topological polar surface area (TPSA) is 38.0 Å². The van der Waals surface area contributed by atoms with Crippen LogP contribution in [0.15, 0.2) is 48.5 Å². The fourth-order valence-corrected chi connectivity index (χ4v) is 3.08. The van der Waals surface area contributed by atoms with Crippen LogP contribution in [-0.2, 0) is 11.8 Å². The second-order valence-corrected chi connectivity index (χ2v) is 5.68. The van der Waals surface area contributed by atoms with Crippen molar-refractivity contribution in [3.8, 4) is 0 Å². The summed E-state index contributed by atoms with van der Waals surface area (Å²) in [5, 5.41) is 0. The molecule has 3 rings (SSSR count). The van der Waals surface area contributed by atoms with Crippen LogP contribution in [0.2, 0.25) is 0 Å². The van der Waals surface area contributed by atoms with E-state index in [-0.39, 0.29) is 17.3 Å². The first kappa shape index (κ1) is 14.2. The monoisotopic (exact) mass is 288 g/mol. The van der Waals surface area contributed by atoms with Gasteiger partial charge in [0.05, 0.1) is 0 Å². The van der Waals surface area contributed by atoms with Gasteiger partial charge in [0.25, 0.3) is 0 Å². The lowest BCUT2D eigenvalue weighted by molar-refractivity contribution is 0.413. The van der Waals surface area contributed by atoms with Crippen LogP contribution >= 0.6 is 0 Å². The number of benzene rings is 2. The van der Waals surface area contributed by atoms with Crippen molar-refractivity contribution in [2.45, 2.75) is 30.7 Å². The van der Waals surface area contributed by atoms with Gasteiger partial charge in [-0.2, -0.15) is 0 Å². The van der Waals surface area contributed by atoms with Crippen molar-refractivity contribution in [2.24, 2.45) is 5.84 Å². The van der Waals surface area contributed by atoms with Crippen LogP contribution < -0.4 is 11.3 Å². The Morgan fingerprint density at radius 3 is 2.43 bits per heavy atom. The summed E-state index contributed by atoms with van der Waals surface area (Å²) in [5.74, 6) is 4.89. The molecule has 1 aliphatic carbocycles. The highest BCUT2D eigenvalue weighted by molar-refractivity contribution is 5.35. The number of hydrogen-bond acceptors (Lipinski definition) is 2. The van der Waals surface area contributed by atoms with Gasteiger partial charge in [0.1, 0.15) is 11.6 Å². The zero-order valence-corrected chi connectivity index (χ0v) is 11.7. The van der Waals surface area contributed by atoms with E-state index >= 15 is 0 Å². The lowest BCUT2D eigenvalue weighted by Gasteiger charge is -2.27. The van der Waals surface area contributed by atoms with Gasteiger partial charge in [-0.25, -0.2) is 8.78 Å². The maximum Gasteiger partial charge on any atom is 0.126 e. The minimum Gasteiger partial charge on any atom is -0.271 e. The number of rotatable bonds is 5. The van der Waals surface area contributed by atoms with Gasteiger partial charge >= 0.3 is 0 Å². The summed E-state index contributed by atoms with van der Waals surface area (Å²) >= 11 is 0. The Morgan fingerprint density at radius 2 is 1.81 bits per heavy atom. The molecular formula is C17H18F2N2. The van der Waals surface area contributed by atoms with Crippen LogP contribution in [0.1, 0.15) is 24.0 Å². The summed E-state index contributed by atoms with van der Waals surface area (Å²) in [6, 6.07) is 13.5. The summed E-state index contributed by atoms with van der Waals surface area (Å²) in [5.41, 5.74) is 4.29. The van der Waals surface area contributed by atoms with E-state index in [4.69, 9.17) is 5.84 Å². The average Bonchev–Trinajstić information content (AvgIpc) is 3.31. The number of halogens is 2. The molecule has 0 heterocycles. The Balaban J connectivity index is 1.88. The van der Waals surface area contributed by atoms with Crippen molar-refractivity contribution in [3.05, 3.63) is 71.3 Å². The van der Waals surface area contributed by atoms with E-state index < -0.39 is 5.82 Å². The van der Waals surface area contributed by atoms with E-state index in [0.29, 0.717) is 12.0 Å². The van der Waals surface area contributed by atoms with E-state index in [9.17, 15) is 8.78 Å². The van der Waals surface area contributed by atoms with Gasteiger partial charge < -0.3 is 0 Å². The minimum absolute atomic E-state index is 0.0746. The Hall–Kier alpha value is -1.78. The highest BCUT2D eigenvalue weighted by Crippen LogP contribution is 2.51. The molecule has 1 unspecified atom stereocenters. The normalized spacial score (nSPS) is 17.5. The summed E-state index contributed by atoms with van der Waals surface area (Å²) in [4.78, 5) is 0. The average molecular weight is 288 g/mol. The first-order valence-electron chi connectivity index (χ1n) is 7.11. The van der Waals surface area contributed by atoms with Crippen LogP contribution in [0.4, 0.5) is 8.78 Å². The molecule has 3 N–H and O–H groups in total. The third-order valence-corrected chi connectivity index (χ3v) is 4.44. The molecule has 2 aromatic rings. The van der Waals surface area contributed by atoms with Crippen molar-refractivity contribution in [1.29, 1.82) is 0 Å². The Labute approximate surface area is 122 Å². The van der Waals surface area contributed by atoms with Gasteiger partial charge in [0, 0.05) is 11.5 Å². The van der Waals surface area contributed by atoms with E-state index in [1.165, 1.54) is 17.7 Å². The van der Waals surface area contributed by atoms with Crippen molar-refractivity contribution >= 4 is 0 Å². The van der Waals surface area contributed by atoms with Crippen LogP contribution in [-0.4, -0.2) is 6.04 Å². The molecule has 0 bridgehead atoms. The van der Waals surface area contributed by atoms with Gasteiger partial charge in [0.15, 0.2) is 0 Å². The maximum atomic E-state index is 13.8. The van der Waals surface area contributed by atoms with Gasteiger partial charge in [0.2, 0.25) is 0 Å². The second kappa shape index (κ2) is 5.54. The molecular weight excluding hydrogens is 270 g/mol. The first-order valence-corrected chi connectivity index (χ1v) is 7.11. The Morgan fingerprint density at radius 1 is 1.10 bits per heavy atom. The molecule has 4 heteroatoms. The third-order valence-electron chi connectivity index (χ3n) is 4.44. The van der Waals surface area contributed by atoms with E-state index in [2.05, 4.69) is 17.6 Å². The molecule has 1 saturated carbocycles. The molecule has 21 heavy (non-hydrogen) atoms. The molecule has 1 fully saturated rings. The molecule has 0 aromatic heterocycles. The minimum atomic E-state index is -0.424. The number of nitrogens with two attached hydrogens (primary N) is 1. The lowest BCUT2D eigenvalue weighted by Crippen LogP contribution is -2.45. The Kier molecular flexibility index (Phi) is 3.74. The predicted octanol–water partition coefficient (Wildman–Crippen LogP) is 3.07. The third kappa shape index (κ3) is 2.69. The maximum absolute atomic E-state index is 13.8. The summed E-state index contributed by atoms with van der Waals surface area (Å²) < 4.78 is 27.2. The second-order valence-electron chi connectivity index (χ2n) is 5.68. The molecule has 0 aliphatic heterocycles. The smallest absolute Gasteiger partial charge is 0.126 e. The standard InChI is InChI=1S/C17H18F2N2/c18-14-6-7-15(19)12(10-14)11-16(21-20)17(8-9-17)13-4-2-1-3-5-13/h1-7,10,16,21H,8-9,11,20H2. The number of hydrazine groups is 1. The molecule has 1 atom stereocenters. The fraction of sp³-hybridized carbons (Fsp3) is 0.294. The fourth-order valence-electron chi connectivity index (χ4n) is 3.08. The summed E-state index contributed by atoms with van der Waals surface area (Å²) in [7, 11) is 0. The molecule has 0 amide bonds. The van der Waals surface area contributed by atoms with Crippen molar-refractivity contribution in [3.63, 3.8) is 0 Å².